The van der Waals surface area contributed by atoms with Crippen molar-refractivity contribution in [3.63, 3.8) is 0 Å². The van der Waals surface area contributed by atoms with Gasteiger partial charge in [-0.3, -0.25) is 0 Å². The van der Waals surface area contributed by atoms with Crippen LogP contribution in [0.3, 0.4) is 0 Å². The Balaban J connectivity index is 1.84. The molecule has 0 saturated carbocycles. The molecular formula is C18H17N3O4. The molecule has 25 heavy (non-hydrogen) atoms. The molecule has 128 valence electrons. The molecule has 0 spiro atoms. The number of aromatic nitrogens is 2. The minimum absolute atomic E-state index is 0.230. The molecule has 1 aliphatic rings. The number of nitrogens with zero attached hydrogens (tertiary/aromatic N) is 2. The fourth-order valence-electron chi connectivity index (χ4n) is 2.98. The Bertz CT molecular complexity index is 959. The number of methoxy groups -OCH3 is 1. The third kappa shape index (κ3) is 2.68. The number of hydrogen-bond donors (Lipinski definition) is 2. The maximum Gasteiger partial charge on any atom is 0.231 e. The Morgan fingerprint density at radius 2 is 2.00 bits per heavy atom. The van der Waals surface area contributed by atoms with Gasteiger partial charge in [-0.05, 0) is 29.8 Å². The van der Waals surface area contributed by atoms with Crippen LogP contribution >= 0.6 is 0 Å². The average Bonchev–Trinajstić information content (AvgIpc) is 3.09. The van der Waals surface area contributed by atoms with Gasteiger partial charge < -0.3 is 25.1 Å². The van der Waals surface area contributed by atoms with Crippen LogP contribution in [0.1, 0.15) is 17.1 Å². The Morgan fingerprint density at radius 1 is 1.16 bits per heavy atom. The van der Waals surface area contributed by atoms with Crippen molar-refractivity contribution in [3.05, 3.63) is 47.4 Å². The number of anilines is 1. The smallest absolute Gasteiger partial charge is 0.231 e. The van der Waals surface area contributed by atoms with Crippen molar-refractivity contribution in [2.24, 2.45) is 0 Å². The molecule has 0 radical (unpaired) electrons. The molecule has 0 aliphatic carbocycles. The summed E-state index contributed by atoms with van der Waals surface area (Å²) >= 11 is 0. The minimum Gasteiger partial charge on any atom is -0.495 e. The van der Waals surface area contributed by atoms with Crippen LogP contribution in [0.4, 0.5) is 5.69 Å². The first-order valence-corrected chi connectivity index (χ1v) is 7.81. The highest BCUT2D eigenvalue weighted by Gasteiger charge is 2.17. The molecule has 0 atom stereocenters. The largest absolute Gasteiger partial charge is 0.495 e. The standard InChI is InChI=1S/C18H17N3O4/c1-23-14-5-3-11-17(18(14)19)12(21-16(8-22)20-11)6-10-2-4-13-15(7-10)25-9-24-13/h2-5,7,22H,6,8-9,19H2,1H3. The first kappa shape index (κ1) is 15.5. The number of fused-ring (bicyclic) bond motifs is 2. The van der Waals surface area contributed by atoms with Gasteiger partial charge in [0, 0.05) is 11.8 Å². The monoisotopic (exact) mass is 339 g/mol. The Hall–Kier alpha value is -3.06. The summed E-state index contributed by atoms with van der Waals surface area (Å²) in [5, 5.41) is 10.2. The number of nitrogens with two attached hydrogens (primary N) is 1. The molecule has 3 aromatic rings. The van der Waals surface area contributed by atoms with Gasteiger partial charge in [-0.1, -0.05) is 6.07 Å². The summed E-state index contributed by atoms with van der Waals surface area (Å²) in [5.74, 6) is 2.37. The molecule has 7 nitrogen and oxygen atoms in total. The quantitative estimate of drug-likeness (QED) is 0.702. The lowest BCUT2D eigenvalue weighted by Gasteiger charge is -2.13. The molecule has 0 unspecified atom stereocenters. The number of aliphatic hydroxyl groups excluding tert-OH is 1. The van der Waals surface area contributed by atoms with Crippen molar-refractivity contribution in [2.75, 3.05) is 19.6 Å². The first-order chi connectivity index (χ1) is 12.2. The molecule has 3 N–H and O–H groups in total. The van der Waals surface area contributed by atoms with E-state index in [4.69, 9.17) is 19.9 Å². The molecule has 0 saturated heterocycles. The predicted octanol–water partition coefficient (Wildman–Crippen LogP) is 2.03. The molecule has 0 bridgehead atoms. The van der Waals surface area contributed by atoms with E-state index in [1.807, 2.05) is 24.3 Å². The third-order valence-electron chi connectivity index (χ3n) is 4.16. The molecule has 4 rings (SSSR count). The number of aliphatic hydroxyl groups is 1. The maximum atomic E-state index is 9.47. The van der Waals surface area contributed by atoms with E-state index in [0.717, 1.165) is 22.4 Å². The molecule has 0 amide bonds. The van der Waals surface area contributed by atoms with Gasteiger partial charge in [0.15, 0.2) is 17.3 Å². The van der Waals surface area contributed by atoms with Crippen molar-refractivity contribution in [2.45, 2.75) is 13.0 Å². The lowest BCUT2D eigenvalue weighted by molar-refractivity contribution is 0.174. The second-order valence-electron chi connectivity index (χ2n) is 5.68. The molecule has 1 aromatic heterocycles. The first-order valence-electron chi connectivity index (χ1n) is 7.81. The van der Waals surface area contributed by atoms with Gasteiger partial charge in [-0.25, -0.2) is 9.97 Å². The second-order valence-corrected chi connectivity index (χ2v) is 5.68. The molecule has 1 aliphatic heterocycles. The van der Waals surface area contributed by atoms with Crippen LogP contribution in [0.25, 0.3) is 10.9 Å². The van der Waals surface area contributed by atoms with Crippen LogP contribution in [0.5, 0.6) is 17.2 Å². The van der Waals surface area contributed by atoms with Crippen molar-refractivity contribution in [1.29, 1.82) is 0 Å². The van der Waals surface area contributed by atoms with Gasteiger partial charge >= 0.3 is 0 Å². The highest BCUT2D eigenvalue weighted by Crippen LogP contribution is 2.35. The lowest BCUT2D eigenvalue weighted by Crippen LogP contribution is -2.05. The van der Waals surface area contributed by atoms with Crippen LogP contribution in [0.2, 0.25) is 0 Å². The molecule has 2 aromatic carbocycles. The summed E-state index contributed by atoms with van der Waals surface area (Å²) in [6.07, 6.45) is 0.514. The van der Waals surface area contributed by atoms with Crippen LogP contribution < -0.4 is 19.9 Å². The second kappa shape index (κ2) is 6.10. The number of nitrogen functional groups attached to an aromatic ring is 1. The average molecular weight is 339 g/mol. The lowest BCUT2D eigenvalue weighted by atomic mass is 10.0. The summed E-state index contributed by atoms with van der Waals surface area (Å²) in [4.78, 5) is 8.82. The maximum absolute atomic E-state index is 9.47. The fourth-order valence-corrected chi connectivity index (χ4v) is 2.98. The number of rotatable bonds is 4. The van der Waals surface area contributed by atoms with Crippen LogP contribution in [0, 0.1) is 0 Å². The highest BCUT2D eigenvalue weighted by atomic mass is 16.7. The van der Waals surface area contributed by atoms with Crippen LogP contribution in [0.15, 0.2) is 30.3 Å². The van der Waals surface area contributed by atoms with E-state index in [1.54, 1.807) is 13.2 Å². The molecule has 7 heteroatoms. The third-order valence-corrected chi connectivity index (χ3v) is 4.16. The summed E-state index contributed by atoms with van der Waals surface area (Å²) in [5.41, 5.74) is 9.14. The predicted molar refractivity (Wildman–Crippen MR) is 91.8 cm³/mol. The normalized spacial score (nSPS) is 12.6. The zero-order valence-electron chi connectivity index (χ0n) is 13.7. The van der Waals surface area contributed by atoms with E-state index in [-0.39, 0.29) is 13.4 Å². The Labute approximate surface area is 144 Å². The van der Waals surface area contributed by atoms with Gasteiger partial charge in [0.1, 0.15) is 12.4 Å². The summed E-state index contributed by atoms with van der Waals surface area (Å²) in [6.45, 7) is -0.00988. The van der Waals surface area contributed by atoms with Gasteiger partial charge in [0.2, 0.25) is 6.79 Å². The van der Waals surface area contributed by atoms with Gasteiger partial charge in [0.25, 0.3) is 0 Å². The van der Waals surface area contributed by atoms with E-state index in [9.17, 15) is 5.11 Å². The van der Waals surface area contributed by atoms with Gasteiger partial charge in [-0.15, -0.1) is 0 Å². The van der Waals surface area contributed by atoms with E-state index in [2.05, 4.69) is 9.97 Å². The minimum atomic E-state index is -0.240. The van der Waals surface area contributed by atoms with Gasteiger partial charge in [0.05, 0.1) is 24.0 Å². The van der Waals surface area contributed by atoms with E-state index >= 15 is 0 Å². The van der Waals surface area contributed by atoms with Crippen molar-refractivity contribution >= 4 is 16.6 Å². The zero-order chi connectivity index (χ0) is 17.4. The highest BCUT2D eigenvalue weighted by molar-refractivity contribution is 5.95. The molecule has 2 heterocycles. The summed E-state index contributed by atoms with van der Waals surface area (Å²) < 4.78 is 16.1. The van der Waals surface area contributed by atoms with Crippen molar-refractivity contribution < 1.29 is 19.3 Å². The Morgan fingerprint density at radius 3 is 2.80 bits per heavy atom. The van der Waals surface area contributed by atoms with Crippen molar-refractivity contribution in [3.8, 4) is 17.2 Å². The number of benzene rings is 2. The fraction of sp³-hybridized carbons (Fsp3) is 0.222. The SMILES string of the molecule is COc1ccc2nc(CO)nc(Cc3ccc4c(c3)OCO4)c2c1N. The summed E-state index contributed by atoms with van der Waals surface area (Å²) in [6, 6.07) is 9.32. The van der Waals surface area contributed by atoms with Crippen LogP contribution in [-0.4, -0.2) is 29.0 Å². The van der Waals surface area contributed by atoms with Crippen molar-refractivity contribution in [1.82, 2.24) is 9.97 Å². The van der Waals surface area contributed by atoms with Gasteiger partial charge in [-0.2, -0.15) is 0 Å². The summed E-state index contributed by atoms with van der Waals surface area (Å²) in [7, 11) is 1.57. The topological polar surface area (TPSA) is 99.7 Å². The molecule has 0 fully saturated rings. The van der Waals surface area contributed by atoms with E-state index in [1.165, 1.54) is 0 Å². The Kier molecular flexibility index (Phi) is 3.77. The zero-order valence-corrected chi connectivity index (χ0v) is 13.7. The number of hydrogen-bond acceptors (Lipinski definition) is 7. The van der Waals surface area contributed by atoms with E-state index < -0.39 is 0 Å². The van der Waals surface area contributed by atoms with E-state index in [0.29, 0.717) is 34.9 Å². The van der Waals surface area contributed by atoms with Crippen LogP contribution in [-0.2, 0) is 13.0 Å². The molecular weight excluding hydrogens is 322 g/mol. The number of ether oxygens (including phenoxy) is 3.